The Morgan fingerprint density at radius 1 is 1.00 bits per heavy atom. The van der Waals surface area contributed by atoms with E-state index in [9.17, 15) is 0 Å². The van der Waals surface area contributed by atoms with E-state index in [-0.39, 0.29) is 0 Å². The molecule has 2 nitrogen and oxygen atoms in total. The summed E-state index contributed by atoms with van der Waals surface area (Å²) in [5.74, 6) is 1.50. The fourth-order valence-electron chi connectivity index (χ4n) is 4.95. The van der Waals surface area contributed by atoms with Gasteiger partial charge in [-0.2, -0.15) is 0 Å². The van der Waals surface area contributed by atoms with Gasteiger partial charge >= 0.3 is 0 Å². The number of nitrogens with one attached hydrogen (secondary N) is 1. The van der Waals surface area contributed by atoms with Gasteiger partial charge in [0.25, 0.3) is 0 Å². The molecule has 132 valence electrons. The monoisotopic (exact) mass is 342 g/mol. The van der Waals surface area contributed by atoms with Crippen LogP contribution in [0.1, 0.15) is 42.1 Å². The summed E-state index contributed by atoms with van der Waals surface area (Å²) in [6, 6.07) is 20.3. The van der Waals surface area contributed by atoms with E-state index in [2.05, 4.69) is 84.3 Å². The summed E-state index contributed by atoms with van der Waals surface area (Å²) in [7, 11) is 0. The van der Waals surface area contributed by atoms with Crippen LogP contribution in [0.15, 0.2) is 54.6 Å². The molecule has 1 aliphatic heterocycles. The van der Waals surface area contributed by atoms with Gasteiger partial charge in [-0.1, -0.05) is 48.5 Å². The van der Waals surface area contributed by atoms with Gasteiger partial charge < -0.3 is 4.98 Å². The van der Waals surface area contributed by atoms with E-state index in [0.717, 1.165) is 5.92 Å². The van der Waals surface area contributed by atoms with Crippen LogP contribution in [-0.4, -0.2) is 23.0 Å². The first-order valence-electron chi connectivity index (χ1n) is 9.53. The number of hydrogen-bond acceptors (Lipinski definition) is 1. The van der Waals surface area contributed by atoms with Gasteiger partial charge in [0.15, 0.2) is 0 Å². The highest BCUT2D eigenvalue weighted by atomic mass is 15.2. The number of aryl methyl sites for hydroxylation is 1. The molecule has 2 heteroatoms. The molecule has 0 spiro atoms. The average Bonchev–Trinajstić information content (AvgIpc) is 3.30. The second-order valence-corrected chi connectivity index (χ2v) is 7.51. The maximum atomic E-state index is 4.00. The second-order valence-electron chi connectivity index (χ2n) is 7.51. The van der Waals surface area contributed by atoms with Crippen molar-refractivity contribution in [2.45, 2.75) is 31.7 Å². The fourth-order valence-corrected chi connectivity index (χ4v) is 4.95. The fraction of sp³-hybridized carbons (Fsp3) is 0.333. The molecule has 1 N–H and O–H groups in total. The molecule has 1 fully saturated rings. The molecule has 2 heterocycles. The van der Waals surface area contributed by atoms with Crippen LogP contribution in [0, 0.1) is 18.8 Å². The van der Waals surface area contributed by atoms with Crippen LogP contribution < -0.4 is 0 Å². The number of benzene rings is 2. The largest absolute Gasteiger partial charge is 0.358 e. The molecule has 3 aromatic rings. The number of nitrogens with zero attached hydrogens (tertiary/aromatic N) is 1. The van der Waals surface area contributed by atoms with Gasteiger partial charge in [0, 0.05) is 41.6 Å². The first-order valence-corrected chi connectivity index (χ1v) is 9.53. The van der Waals surface area contributed by atoms with Gasteiger partial charge in [-0.3, -0.25) is 4.90 Å². The van der Waals surface area contributed by atoms with E-state index in [0.29, 0.717) is 12.0 Å². The quantitative estimate of drug-likeness (QED) is 0.639. The van der Waals surface area contributed by atoms with Crippen LogP contribution in [0.3, 0.4) is 0 Å². The maximum Gasteiger partial charge on any atom is 0.0459 e. The van der Waals surface area contributed by atoms with Crippen LogP contribution >= 0.6 is 0 Å². The van der Waals surface area contributed by atoms with Gasteiger partial charge in [0.1, 0.15) is 0 Å². The topological polar surface area (TPSA) is 19.0 Å². The number of H-pyrrole nitrogens is 1. The van der Waals surface area contributed by atoms with Crippen LogP contribution in [0.2, 0.25) is 0 Å². The first-order chi connectivity index (χ1) is 12.8. The van der Waals surface area contributed by atoms with Crippen molar-refractivity contribution in [2.75, 3.05) is 13.1 Å². The van der Waals surface area contributed by atoms with Crippen LogP contribution in [0.5, 0.6) is 0 Å². The summed E-state index contributed by atoms with van der Waals surface area (Å²) < 4.78 is 0. The smallest absolute Gasteiger partial charge is 0.0459 e. The summed E-state index contributed by atoms with van der Waals surface area (Å²) in [6.07, 6.45) is 10.5. The highest BCUT2D eigenvalue weighted by Crippen LogP contribution is 2.46. The number of aromatic amines is 1. The van der Waals surface area contributed by atoms with Crippen LogP contribution in [-0.2, 0) is 6.42 Å². The number of fused-ring (bicyclic) bond motifs is 5. The highest BCUT2D eigenvalue weighted by Gasteiger charge is 2.40. The lowest BCUT2D eigenvalue weighted by molar-refractivity contribution is 0.250. The zero-order valence-corrected chi connectivity index (χ0v) is 15.4. The van der Waals surface area contributed by atoms with Gasteiger partial charge in [-0.15, -0.1) is 12.8 Å². The van der Waals surface area contributed by atoms with Crippen molar-refractivity contribution in [1.82, 2.24) is 9.88 Å². The Morgan fingerprint density at radius 2 is 1.73 bits per heavy atom. The minimum atomic E-state index is 0.505. The SMILES string of the molecule is C#C.CC(c1ccccc1)N1CC2c3c([nH]c4ccccc34)CC[C@H]2C1. The van der Waals surface area contributed by atoms with E-state index in [4.69, 9.17) is 0 Å². The van der Waals surface area contributed by atoms with Crippen molar-refractivity contribution in [3.8, 4) is 12.8 Å². The third kappa shape index (κ3) is 2.73. The summed E-state index contributed by atoms with van der Waals surface area (Å²) in [5, 5.41) is 1.46. The molecule has 2 aromatic carbocycles. The third-order valence-electron chi connectivity index (χ3n) is 6.26. The Labute approximate surface area is 156 Å². The average molecular weight is 342 g/mol. The van der Waals surface area contributed by atoms with Crippen molar-refractivity contribution in [2.24, 2.45) is 5.92 Å². The van der Waals surface area contributed by atoms with E-state index in [1.54, 1.807) is 5.56 Å². The lowest BCUT2D eigenvalue weighted by atomic mass is 9.79. The molecular formula is C24H26N2. The molecule has 0 saturated carbocycles. The molecule has 1 saturated heterocycles. The molecule has 0 bridgehead atoms. The molecule has 2 aliphatic rings. The van der Waals surface area contributed by atoms with Crippen molar-refractivity contribution in [3.63, 3.8) is 0 Å². The maximum absolute atomic E-state index is 4.00. The number of para-hydroxylation sites is 1. The normalized spacial score (nSPS) is 22.9. The molecule has 1 aliphatic carbocycles. The molecule has 0 amide bonds. The van der Waals surface area contributed by atoms with Crippen molar-refractivity contribution in [1.29, 1.82) is 0 Å². The zero-order chi connectivity index (χ0) is 18.1. The summed E-state index contributed by atoms with van der Waals surface area (Å²) in [4.78, 5) is 6.38. The Kier molecular flexibility index (Phi) is 4.57. The molecule has 3 atom stereocenters. The summed E-state index contributed by atoms with van der Waals surface area (Å²) >= 11 is 0. The van der Waals surface area contributed by atoms with E-state index in [1.165, 1.54) is 48.1 Å². The predicted octanol–water partition coefficient (Wildman–Crippen LogP) is 5.14. The molecule has 2 unspecified atom stereocenters. The molecular weight excluding hydrogens is 316 g/mol. The van der Waals surface area contributed by atoms with Crippen LogP contribution in [0.25, 0.3) is 10.9 Å². The Morgan fingerprint density at radius 3 is 2.54 bits per heavy atom. The standard InChI is InChI=1S/C22H24N2.C2H2/c1-15(16-7-3-2-4-8-16)24-13-17-11-12-21-22(19(17)14-24)18-9-5-6-10-20(18)23-21;1-2/h2-10,15,17,19,23H,11-14H2,1H3;1-2H/t15?,17-,19?;/m0./s1. The predicted molar refractivity (Wildman–Crippen MR) is 109 cm³/mol. The third-order valence-corrected chi connectivity index (χ3v) is 6.26. The Balaban J connectivity index is 0.000000814. The van der Waals surface area contributed by atoms with E-state index >= 15 is 0 Å². The number of likely N-dealkylation sites (tertiary alicyclic amines) is 1. The molecule has 5 rings (SSSR count). The molecule has 0 radical (unpaired) electrons. The second kappa shape index (κ2) is 7.02. The van der Waals surface area contributed by atoms with Crippen LogP contribution in [0.4, 0.5) is 0 Å². The highest BCUT2D eigenvalue weighted by molar-refractivity contribution is 5.85. The summed E-state index contributed by atoms with van der Waals surface area (Å²) in [5.41, 5.74) is 5.87. The van der Waals surface area contributed by atoms with Gasteiger partial charge in [0.05, 0.1) is 0 Å². The van der Waals surface area contributed by atoms with Crippen molar-refractivity contribution in [3.05, 3.63) is 71.4 Å². The zero-order valence-electron chi connectivity index (χ0n) is 15.4. The Bertz CT molecular complexity index is 906. The van der Waals surface area contributed by atoms with Gasteiger partial charge in [-0.05, 0) is 42.9 Å². The minimum absolute atomic E-state index is 0.505. The number of rotatable bonds is 2. The van der Waals surface area contributed by atoms with E-state index < -0.39 is 0 Å². The summed E-state index contributed by atoms with van der Waals surface area (Å²) in [6.45, 7) is 4.79. The van der Waals surface area contributed by atoms with Gasteiger partial charge in [0.2, 0.25) is 0 Å². The molecule has 26 heavy (non-hydrogen) atoms. The minimum Gasteiger partial charge on any atom is -0.358 e. The lowest BCUT2D eigenvalue weighted by Gasteiger charge is -2.25. The molecule has 1 aromatic heterocycles. The Hall–Kier alpha value is -2.50. The number of terminal acetylenes is 1. The van der Waals surface area contributed by atoms with Crippen molar-refractivity contribution >= 4 is 10.9 Å². The number of aromatic nitrogens is 1. The van der Waals surface area contributed by atoms with Gasteiger partial charge in [-0.25, -0.2) is 0 Å². The number of hydrogen-bond donors (Lipinski definition) is 1. The lowest BCUT2D eigenvalue weighted by Crippen LogP contribution is -2.24. The first kappa shape index (κ1) is 16.9. The van der Waals surface area contributed by atoms with Crippen molar-refractivity contribution < 1.29 is 0 Å². The van der Waals surface area contributed by atoms with E-state index in [1.807, 2.05) is 0 Å².